The second kappa shape index (κ2) is 10.2. The molecule has 1 aliphatic rings. The molecule has 1 rings (SSSR count). The van der Waals surface area contributed by atoms with Gasteiger partial charge < -0.3 is 15.0 Å². The van der Waals surface area contributed by atoms with Crippen LogP contribution in [0, 0.1) is 0 Å². The first-order valence-electron chi connectivity index (χ1n) is 7.08. The molecule has 0 amide bonds. The van der Waals surface area contributed by atoms with Gasteiger partial charge in [0.2, 0.25) is 0 Å². The van der Waals surface area contributed by atoms with E-state index in [0.29, 0.717) is 13.2 Å². The quantitative estimate of drug-likeness (QED) is 0.274. The molecule has 0 aromatic carbocycles. The summed E-state index contributed by atoms with van der Waals surface area (Å²) < 4.78 is 27.5. The third-order valence-electron chi connectivity index (χ3n) is 3.06. The standard InChI is InChI=1S/C13H27N3O3S2.HI/c1-13(2)11-16(6-9-20-13)12(14-3)15-5-7-19-8-10-21(4,17)18;/h5-11H2,1-4H3,(H,14,15);1H. The molecule has 1 fully saturated rings. The van der Waals surface area contributed by atoms with Crippen molar-refractivity contribution in [2.45, 2.75) is 18.6 Å². The molecule has 1 N–H and O–H groups in total. The Morgan fingerprint density at radius 2 is 2.09 bits per heavy atom. The Morgan fingerprint density at radius 1 is 1.41 bits per heavy atom. The van der Waals surface area contributed by atoms with E-state index in [1.807, 2.05) is 11.8 Å². The first-order chi connectivity index (χ1) is 9.73. The van der Waals surface area contributed by atoms with Crippen molar-refractivity contribution in [1.29, 1.82) is 0 Å². The molecular formula is C13H28IN3O3S2. The summed E-state index contributed by atoms with van der Waals surface area (Å²) in [4.78, 5) is 6.56. The van der Waals surface area contributed by atoms with Gasteiger partial charge in [0.15, 0.2) is 5.96 Å². The van der Waals surface area contributed by atoms with Crippen LogP contribution in [-0.4, -0.2) is 81.7 Å². The maximum atomic E-state index is 11.0. The van der Waals surface area contributed by atoms with Crippen LogP contribution in [0.1, 0.15) is 13.8 Å². The van der Waals surface area contributed by atoms with Gasteiger partial charge in [0.1, 0.15) is 9.84 Å². The summed E-state index contributed by atoms with van der Waals surface area (Å²) in [6, 6.07) is 0. The molecule has 6 nitrogen and oxygen atoms in total. The van der Waals surface area contributed by atoms with E-state index in [1.54, 1.807) is 7.05 Å². The zero-order valence-electron chi connectivity index (χ0n) is 13.8. The average molecular weight is 465 g/mol. The lowest BCUT2D eigenvalue weighted by atomic mass is 10.2. The van der Waals surface area contributed by atoms with Crippen LogP contribution in [-0.2, 0) is 14.6 Å². The van der Waals surface area contributed by atoms with Gasteiger partial charge in [-0.25, -0.2) is 8.42 Å². The second-order valence-corrected chi connectivity index (χ2v) is 9.81. The molecule has 0 atom stereocenters. The number of guanidine groups is 1. The van der Waals surface area contributed by atoms with E-state index in [2.05, 4.69) is 29.1 Å². The van der Waals surface area contributed by atoms with Gasteiger partial charge in [-0.1, -0.05) is 0 Å². The van der Waals surface area contributed by atoms with E-state index in [0.717, 1.165) is 24.8 Å². The van der Waals surface area contributed by atoms with Crippen molar-refractivity contribution in [1.82, 2.24) is 10.2 Å². The van der Waals surface area contributed by atoms with Gasteiger partial charge in [-0.2, -0.15) is 11.8 Å². The molecule has 1 saturated heterocycles. The molecule has 0 unspecified atom stereocenters. The first kappa shape index (κ1) is 22.3. The predicted octanol–water partition coefficient (Wildman–Crippen LogP) is 1.07. The third kappa shape index (κ3) is 9.41. The summed E-state index contributed by atoms with van der Waals surface area (Å²) >= 11 is 1.98. The molecular weight excluding hydrogens is 437 g/mol. The smallest absolute Gasteiger partial charge is 0.193 e. The Kier molecular flexibility index (Phi) is 10.3. The summed E-state index contributed by atoms with van der Waals surface area (Å²) in [7, 11) is -1.16. The minimum atomic E-state index is -2.94. The Hall–Kier alpha value is 0.260. The summed E-state index contributed by atoms with van der Waals surface area (Å²) in [5.41, 5.74) is 0. The van der Waals surface area contributed by atoms with Crippen LogP contribution in [0.5, 0.6) is 0 Å². The van der Waals surface area contributed by atoms with E-state index < -0.39 is 9.84 Å². The average Bonchev–Trinajstić information content (AvgIpc) is 2.35. The summed E-state index contributed by atoms with van der Waals surface area (Å²) in [5, 5.41) is 3.27. The fourth-order valence-corrected chi connectivity index (χ4v) is 3.61. The van der Waals surface area contributed by atoms with Gasteiger partial charge in [0.05, 0.1) is 19.0 Å². The second-order valence-electron chi connectivity index (χ2n) is 5.75. The summed E-state index contributed by atoms with van der Waals surface area (Å²) in [5.74, 6) is 2.05. The van der Waals surface area contributed by atoms with Crippen LogP contribution in [0.4, 0.5) is 0 Å². The van der Waals surface area contributed by atoms with Crippen molar-refractivity contribution in [2.75, 3.05) is 57.7 Å². The lowest BCUT2D eigenvalue weighted by molar-refractivity contribution is 0.153. The molecule has 0 aliphatic carbocycles. The lowest BCUT2D eigenvalue weighted by Crippen LogP contribution is -2.51. The molecule has 9 heteroatoms. The molecule has 0 aromatic rings. The summed E-state index contributed by atoms with van der Waals surface area (Å²) in [6.07, 6.45) is 1.21. The highest BCUT2D eigenvalue weighted by Gasteiger charge is 2.28. The Labute approximate surface area is 155 Å². The van der Waals surface area contributed by atoms with E-state index >= 15 is 0 Å². The van der Waals surface area contributed by atoms with E-state index in [9.17, 15) is 8.42 Å². The fraction of sp³-hybridized carbons (Fsp3) is 0.923. The number of rotatable bonds is 6. The highest BCUT2D eigenvalue weighted by molar-refractivity contribution is 14.0. The monoisotopic (exact) mass is 465 g/mol. The Bertz CT molecular complexity index is 455. The van der Waals surface area contributed by atoms with Crippen molar-refractivity contribution in [3.05, 3.63) is 0 Å². The zero-order valence-corrected chi connectivity index (χ0v) is 17.8. The number of hydrogen-bond donors (Lipinski definition) is 1. The third-order valence-corrected chi connectivity index (χ3v) is 5.27. The number of thioether (sulfide) groups is 1. The van der Waals surface area contributed by atoms with Crippen molar-refractivity contribution >= 4 is 51.5 Å². The Balaban J connectivity index is 0.00000441. The van der Waals surface area contributed by atoms with Gasteiger partial charge in [-0.3, -0.25) is 4.99 Å². The fourth-order valence-electron chi connectivity index (χ4n) is 2.08. The number of sulfone groups is 1. The lowest BCUT2D eigenvalue weighted by Gasteiger charge is -2.39. The van der Waals surface area contributed by atoms with Crippen LogP contribution < -0.4 is 5.32 Å². The van der Waals surface area contributed by atoms with E-state index in [4.69, 9.17) is 4.74 Å². The number of ether oxygens (including phenoxy) is 1. The number of hydrogen-bond acceptors (Lipinski definition) is 5. The van der Waals surface area contributed by atoms with E-state index in [-0.39, 0.29) is 41.1 Å². The van der Waals surface area contributed by atoms with Crippen molar-refractivity contribution in [2.24, 2.45) is 4.99 Å². The van der Waals surface area contributed by atoms with Gasteiger partial charge in [-0.05, 0) is 13.8 Å². The molecule has 1 heterocycles. The number of nitrogens with zero attached hydrogens (tertiary/aromatic N) is 2. The molecule has 0 saturated carbocycles. The van der Waals surface area contributed by atoms with Crippen molar-refractivity contribution in [3.8, 4) is 0 Å². The maximum Gasteiger partial charge on any atom is 0.193 e. The molecule has 0 radical (unpaired) electrons. The number of aliphatic imine (C=N–C) groups is 1. The van der Waals surface area contributed by atoms with Crippen LogP contribution in [0.2, 0.25) is 0 Å². The Morgan fingerprint density at radius 3 is 2.64 bits per heavy atom. The van der Waals surface area contributed by atoms with Gasteiger partial charge in [0, 0.05) is 43.4 Å². The highest BCUT2D eigenvalue weighted by atomic mass is 127. The zero-order chi connectivity index (χ0) is 15.9. The van der Waals surface area contributed by atoms with Crippen molar-refractivity contribution < 1.29 is 13.2 Å². The van der Waals surface area contributed by atoms with Crippen LogP contribution in [0.25, 0.3) is 0 Å². The highest BCUT2D eigenvalue weighted by Crippen LogP contribution is 2.29. The van der Waals surface area contributed by atoms with Gasteiger partial charge >= 0.3 is 0 Å². The SMILES string of the molecule is CN=C(NCCOCCS(C)(=O)=O)N1CCSC(C)(C)C1.I. The largest absolute Gasteiger partial charge is 0.379 e. The minimum absolute atomic E-state index is 0. The topological polar surface area (TPSA) is 71.0 Å². The molecule has 0 spiro atoms. The van der Waals surface area contributed by atoms with Crippen LogP contribution in [0.3, 0.4) is 0 Å². The van der Waals surface area contributed by atoms with Crippen LogP contribution in [0.15, 0.2) is 4.99 Å². The van der Waals surface area contributed by atoms with Gasteiger partial charge in [-0.15, -0.1) is 24.0 Å². The van der Waals surface area contributed by atoms with E-state index in [1.165, 1.54) is 6.26 Å². The number of nitrogens with one attached hydrogen (secondary N) is 1. The molecule has 132 valence electrons. The molecule has 0 bridgehead atoms. The van der Waals surface area contributed by atoms with Crippen LogP contribution >= 0.6 is 35.7 Å². The molecule has 1 aliphatic heterocycles. The summed E-state index contributed by atoms with van der Waals surface area (Å²) in [6.45, 7) is 7.78. The van der Waals surface area contributed by atoms with Gasteiger partial charge in [0.25, 0.3) is 0 Å². The molecule has 0 aromatic heterocycles. The number of halogens is 1. The normalized spacial score (nSPS) is 18.7. The predicted molar refractivity (Wildman–Crippen MR) is 105 cm³/mol. The van der Waals surface area contributed by atoms with Crippen molar-refractivity contribution in [3.63, 3.8) is 0 Å². The minimum Gasteiger partial charge on any atom is -0.379 e. The first-order valence-corrected chi connectivity index (χ1v) is 10.1. The maximum absolute atomic E-state index is 11.0. The molecule has 22 heavy (non-hydrogen) atoms.